The van der Waals surface area contributed by atoms with Gasteiger partial charge in [-0.15, -0.1) is 0 Å². The molecule has 0 bridgehead atoms. The number of amides is 1. The van der Waals surface area contributed by atoms with Gasteiger partial charge < -0.3 is 10.1 Å². The summed E-state index contributed by atoms with van der Waals surface area (Å²) in [6.07, 6.45) is 2.07. The molecule has 0 spiro atoms. The van der Waals surface area contributed by atoms with Crippen LogP contribution in [0.4, 0.5) is 10.1 Å². The number of carbonyl (C=O) groups excluding carboxylic acids is 1. The standard InChI is InChI=1S/C20H23FN2O4S2/c21-16-4-2-6-19(14-16)29(25,26)23-17-5-1-3-15(13-17)20(24)22-9-12-28-18-7-10-27-11-8-18/h1-6,13-14,18,23H,7-12H2,(H,22,24). The predicted molar refractivity (Wildman–Crippen MR) is 112 cm³/mol. The van der Waals surface area contributed by atoms with Crippen LogP contribution in [0.3, 0.4) is 0 Å². The van der Waals surface area contributed by atoms with E-state index < -0.39 is 15.8 Å². The molecule has 0 aromatic heterocycles. The van der Waals surface area contributed by atoms with Crippen molar-refractivity contribution in [3.8, 4) is 0 Å². The van der Waals surface area contributed by atoms with Gasteiger partial charge in [0.05, 0.1) is 4.90 Å². The van der Waals surface area contributed by atoms with Crippen molar-refractivity contribution in [2.24, 2.45) is 0 Å². The summed E-state index contributed by atoms with van der Waals surface area (Å²) in [4.78, 5) is 12.2. The van der Waals surface area contributed by atoms with Crippen molar-refractivity contribution in [2.75, 3.05) is 30.2 Å². The lowest BCUT2D eigenvalue weighted by atomic mass is 10.2. The molecule has 2 N–H and O–H groups in total. The van der Waals surface area contributed by atoms with E-state index in [0.29, 0.717) is 17.4 Å². The van der Waals surface area contributed by atoms with Crippen molar-refractivity contribution in [2.45, 2.75) is 23.0 Å². The molecule has 156 valence electrons. The second-order valence-electron chi connectivity index (χ2n) is 6.58. The Balaban J connectivity index is 1.55. The first-order chi connectivity index (χ1) is 13.9. The topological polar surface area (TPSA) is 84.5 Å². The van der Waals surface area contributed by atoms with Crippen LogP contribution in [0.5, 0.6) is 0 Å². The molecule has 2 aromatic rings. The highest BCUT2D eigenvalue weighted by molar-refractivity contribution is 7.99. The van der Waals surface area contributed by atoms with Gasteiger partial charge in [-0.1, -0.05) is 12.1 Å². The largest absolute Gasteiger partial charge is 0.381 e. The molecule has 1 aliphatic rings. The van der Waals surface area contributed by atoms with Crippen LogP contribution in [0, 0.1) is 5.82 Å². The number of nitrogens with one attached hydrogen (secondary N) is 2. The van der Waals surface area contributed by atoms with E-state index in [1.54, 1.807) is 12.1 Å². The number of hydrogen-bond acceptors (Lipinski definition) is 5. The highest BCUT2D eigenvalue weighted by Gasteiger charge is 2.16. The number of ether oxygens (including phenoxy) is 1. The predicted octanol–water partition coefficient (Wildman–Crippen LogP) is 3.27. The van der Waals surface area contributed by atoms with Crippen LogP contribution >= 0.6 is 11.8 Å². The Hall–Kier alpha value is -2.10. The zero-order valence-corrected chi connectivity index (χ0v) is 17.4. The third kappa shape index (κ3) is 6.45. The number of thioether (sulfide) groups is 1. The van der Waals surface area contributed by atoms with Crippen LogP contribution < -0.4 is 10.0 Å². The van der Waals surface area contributed by atoms with Gasteiger partial charge in [0.15, 0.2) is 0 Å². The third-order valence-electron chi connectivity index (χ3n) is 4.39. The molecule has 0 unspecified atom stereocenters. The van der Waals surface area contributed by atoms with Crippen molar-refractivity contribution in [3.05, 3.63) is 59.9 Å². The summed E-state index contributed by atoms with van der Waals surface area (Å²) >= 11 is 1.83. The number of rotatable bonds is 8. The minimum absolute atomic E-state index is 0.183. The highest BCUT2D eigenvalue weighted by atomic mass is 32.2. The lowest BCUT2D eigenvalue weighted by Crippen LogP contribution is -2.27. The number of anilines is 1. The van der Waals surface area contributed by atoms with Crippen molar-refractivity contribution in [1.29, 1.82) is 0 Å². The van der Waals surface area contributed by atoms with Gasteiger partial charge in [-0.3, -0.25) is 9.52 Å². The number of halogens is 1. The molecule has 29 heavy (non-hydrogen) atoms. The van der Waals surface area contributed by atoms with E-state index in [0.717, 1.165) is 37.9 Å². The van der Waals surface area contributed by atoms with Gasteiger partial charge >= 0.3 is 0 Å². The molecule has 6 nitrogen and oxygen atoms in total. The summed E-state index contributed by atoms with van der Waals surface area (Å²) < 4.78 is 45.8. The monoisotopic (exact) mass is 438 g/mol. The molecule has 2 aromatic carbocycles. The summed E-state index contributed by atoms with van der Waals surface area (Å²) in [7, 11) is -3.95. The molecule has 0 aliphatic carbocycles. The Bertz CT molecular complexity index is 947. The molecular formula is C20H23FN2O4S2. The SMILES string of the molecule is O=C(NCCSC1CCOCC1)c1cccc(NS(=O)(=O)c2cccc(F)c2)c1. The first-order valence-electron chi connectivity index (χ1n) is 9.30. The Morgan fingerprint density at radius 1 is 1.14 bits per heavy atom. The number of sulfonamides is 1. The smallest absolute Gasteiger partial charge is 0.261 e. The lowest BCUT2D eigenvalue weighted by Gasteiger charge is -2.21. The molecule has 1 aliphatic heterocycles. The fourth-order valence-electron chi connectivity index (χ4n) is 2.91. The van der Waals surface area contributed by atoms with Gasteiger partial charge in [-0.05, 0) is 49.2 Å². The lowest BCUT2D eigenvalue weighted by molar-refractivity contribution is 0.0955. The van der Waals surface area contributed by atoms with E-state index in [1.807, 2.05) is 11.8 Å². The van der Waals surface area contributed by atoms with Crippen LogP contribution in [0.2, 0.25) is 0 Å². The molecule has 1 fully saturated rings. The molecule has 9 heteroatoms. The molecule has 0 saturated carbocycles. The first-order valence-corrected chi connectivity index (χ1v) is 11.8. The number of benzene rings is 2. The van der Waals surface area contributed by atoms with Gasteiger partial charge in [-0.25, -0.2) is 12.8 Å². The second-order valence-corrected chi connectivity index (χ2v) is 9.67. The molecule has 1 heterocycles. The fourth-order valence-corrected chi connectivity index (χ4v) is 5.07. The maximum atomic E-state index is 13.3. The van der Waals surface area contributed by atoms with E-state index in [2.05, 4.69) is 10.0 Å². The number of hydrogen-bond donors (Lipinski definition) is 2. The average molecular weight is 439 g/mol. The van der Waals surface area contributed by atoms with Crippen LogP contribution in [0.1, 0.15) is 23.2 Å². The van der Waals surface area contributed by atoms with E-state index in [9.17, 15) is 17.6 Å². The minimum Gasteiger partial charge on any atom is -0.381 e. The summed E-state index contributed by atoms with van der Waals surface area (Å²) in [6.45, 7) is 2.12. The van der Waals surface area contributed by atoms with Crippen molar-refractivity contribution >= 4 is 33.4 Å². The van der Waals surface area contributed by atoms with Gasteiger partial charge in [-0.2, -0.15) is 11.8 Å². The Kier molecular flexibility index (Phi) is 7.51. The number of carbonyl (C=O) groups is 1. The Morgan fingerprint density at radius 3 is 2.66 bits per heavy atom. The van der Waals surface area contributed by atoms with Crippen LogP contribution in [0.15, 0.2) is 53.4 Å². The second kappa shape index (κ2) is 10.1. The summed E-state index contributed by atoms with van der Waals surface area (Å²) in [6, 6.07) is 10.9. The van der Waals surface area contributed by atoms with Gasteiger partial charge in [0.25, 0.3) is 15.9 Å². The molecule has 1 saturated heterocycles. The third-order valence-corrected chi connectivity index (χ3v) is 7.15. The molecule has 0 atom stereocenters. The zero-order chi connectivity index (χ0) is 20.7. The van der Waals surface area contributed by atoms with Crippen LogP contribution in [-0.2, 0) is 14.8 Å². The average Bonchev–Trinajstić information content (AvgIpc) is 2.72. The van der Waals surface area contributed by atoms with Gasteiger partial charge in [0, 0.05) is 42.0 Å². The maximum Gasteiger partial charge on any atom is 0.261 e. The van der Waals surface area contributed by atoms with E-state index in [1.165, 1.54) is 30.3 Å². The molecular weight excluding hydrogens is 415 g/mol. The van der Waals surface area contributed by atoms with Crippen LogP contribution in [-0.4, -0.2) is 45.1 Å². The zero-order valence-electron chi connectivity index (χ0n) is 15.8. The fraction of sp³-hybridized carbons (Fsp3) is 0.350. The quantitative estimate of drug-likeness (QED) is 0.618. The maximum absolute atomic E-state index is 13.3. The normalized spacial score (nSPS) is 15.1. The Morgan fingerprint density at radius 2 is 1.90 bits per heavy atom. The van der Waals surface area contributed by atoms with Crippen molar-refractivity contribution < 1.29 is 22.3 Å². The van der Waals surface area contributed by atoms with Gasteiger partial charge in [0.1, 0.15) is 5.82 Å². The van der Waals surface area contributed by atoms with E-state index >= 15 is 0 Å². The van der Waals surface area contributed by atoms with Crippen molar-refractivity contribution in [3.63, 3.8) is 0 Å². The summed E-state index contributed by atoms with van der Waals surface area (Å²) in [5.74, 6) is -0.105. The van der Waals surface area contributed by atoms with Crippen molar-refractivity contribution in [1.82, 2.24) is 5.32 Å². The Labute approximate surface area is 174 Å². The molecule has 0 radical (unpaired) electrons. The van der Waals surface area contributed by atoms with E-state index in [4.69, 9.17) is 4.74 Å². The summed E-state index contributed by atoms with van der Waals surface area (Å²) in [5, 5.41) is 3.42. The summed E-state index contributed by atoms with van der Waals surface area (Å²) in [5.41, 5.74) is 0.582. The molecule has 1 amide bonds. The first kappa shape index (κ1) is 21.6. The minimum atomic E-state index is -3.95. The van der Waals surface area contributed by atoms with Gasteiger partial charge in [0.2, 0.25) is 0 Å². The highest BCUT2D eigenvalue weighted by Crippen LogP contribution is 2.21. The molecule has 3 rings (SSSR count). The van der Waals surface area contributed by atoms with E-state index in [-0.39, 0.29) is 16.5 Å². The van der Waals surface area contributed by atoms with Crippen LogP contribution in [0.25, 0.3) is 0 Å².